The molecule has 1 aliphatic heterocycles. The summed E-state index contributed by atoms with van der Waals surface area (Å²) in [4.78, 5) is 0. The highest BCUT2D eigenvalue weighted by molar-refractivity contribution is 7.86. The molecule has 0 spiro atoms. The van der Waals surface area contributed by atoms with E-state index < -0.39 is 16.0 Å². The zero-order valence-electron chi connectivity index (χ0n) is 8.48. The maximum Gasteiger partial charge on any atom is 0.302 e. The van der Waals surface area contributed by atoms with Gasteiger partial charge < -0.3 is 9.47 Å². The average Bonchev–Trinajstić information content (AvgIpc) is 2.25. The molecule has 0 aromatic heterocycles. The van der Waals surface area contributed by atoms with Gasteiger partial charge in [-0.25, -0.2) is 0 Å². The second-order valence-electron chi connectivity index (χ2n) is 3.47. The first-order valence-corrected chi connectivity index (χ1v) is 6.41. The van der Waals surface area contributed by atoms with E-state index in [-0.39, 0.29) is 6.42 Å². The second kappa shape index (κ2) is 4.29. The van der Waals surface area contributed by atoms with Crippen molar-refractivity contribution in [1.82, 2.24) is 0 Å². The number of halogens is 1. The van der Waals surface area contributed by atoms with E-state index >= 15 is 0 Å². The van der Waals surface area contributed by atoms with Crippen molar-refractivity contribution >= 4 is 10.2 Å². The molecule has 1 aliphatic rings. The van der Waals surface area contributed by atoms with Crippen LogP contribution in [-0.2, 0) is 16.6 Å². The van der Waals surface area contributed by atoms with E-state index in [2.05, 4.69) is 0 Å². The Balaban J connectivity index is 2.11. The van der Waals surface area contributed by atoms with Gasteiger partial charge in [0.1, 0.15) is 13.2 Å². The maximum atomic E-state index is 12.3. The minimum absolute atomic E-state index is 0.134. The molecule has 0 amide bonds. The first-order valence-electron chi connectivity index (χ1n) is 4.85. The van der Waals surface area contributed by atoms with Gasteiger partial charge in [-0.1, -0.05) is 6.07 Å². The molecule has 1 aromatic rings. The lowest BCUT2D eigenvalue weighted by Crippen LogP contribution is -2.15. The van der Waals surface area contributed by atoms with Gasteiger partial charge in [0.05, 0.1) is 5.75 Å². The third kappa shape index (κ3) is 2.85. The fourth-order valence-corrected chi connectivity index (χ4v) is 1.96. The highest BCUT2D eigenvalue weighted by atomic mass is 32.3. The van der Waals surface area contributed by atoms with Gasteiger partial charge in [-0.15, -0.1) is 3.89 Å². The molecule has 16 heavy (non-hydrogen) atoms. The van der Waals surface area contributed by atoms with Crippen molar-refractivity contribution in [1.29, 1.82) is 0 Å². The molecule has 6 heteroatoms. The average molecular weight is 246 g/mol. The number of ether oxygens (including phenoxy) is 2. The number of hydrogen-bond donors (Lipinski definition) is 0. The van der Waals surface area contributed by atoms with Crippen molar-refractivity contribution in [2.45, 2.75) is 6.42 Å². The minimum atomic E-state index is -4.42. The number of rotatable bonds is 3. The van der Waals surface area contributed by atoms with Gasteiger partial charge in [0.2, 0.25) is 0 Å². The summed E-state index contributed by atoms with van der Waals surface area (Å²) >= 11 is 0. The van der Waals surface area contributed by atoms with E-state index in [4.69, 9.17) is 9.47 Å². The summed E-state index contributed by atoms with van der Waals surface area (Å²) in [6.45, 7) is 0.975. The molecule has 0 radical (unpaired) electrons. The Morgan fingerprint density at radius 3 is 2.56 bits per heavy atom. The van der Waals surface area contributed by atoms with Gasteiger partial charge in [-0.2, -0.15) is 8.42 Å². The molecule has 0 fully saturated rings. The van der Waals surface area contributed by atoms with Crippen LogP contribution in [0.15, 0.2) is 18.2 Å². The molecular weight excluding hydrogens is 235 g/mol. The zero-order valence-corrected chi connectivity index (χ0v) is 9.30. The Labute approximate surface area is 93.2 Å². The third-order valence-electron chi connectivity index (χ3n) is 2.24. The van der Waals surface area contributed by atoms with Crippen molar-refractivity contribution in [3.63, 3.8) is 0 Å². The van der Waals surface area contributed by atoms with Gasteiger partial charge in [-0.3, -0.25) is 0 Å². The number of fused-ring (bicyclic) bond motifs is 1. The topological polar surface area (TPSA) is 52.6 Å². The van der Waals surface area contributed by atoms with E-state index in [1.54, 1.807) is 18.2 Å². The van der Waals surface area contributed by atoms with Crippen LogP contribution in [0.3, 0.4) is 0 Å². The van der Waals surface area contributed by atoms with Crippen LogP contribution in [0.4, 0.5) is 3.89 Å². The number of aryl methyl sites for hydroxylation is 1. The van der Waals surface area contributed by atoms with Crippen molar-refractivity contribution in [2.75, 3.05) is 19.0 Å². The highest BCUT2D eigenvalue weighted by Crippen LogP contribution is 2.30. The third-order valence-corrected chi connectivity index (χ3v) is 2.93. The lowest BCUT2D eigenvalue weighted by atomic mass is 10.1. The van der Waals surface area contributed by atoms with E-state index in [0.29, 0.717) is 30.3 Å². The fraction of sp³-hybridized carbons (Fsp3) is 0.400. The maximum absolute atomic E-state index is 12.3. The van der Waals surface area contributed by atoms with Gasteiger partial charge in [-0.05, 0) is 24.1 Å². The Morgan fingerprint density at radius 2 is 1.88 bits per heavy atom. The quantitative estimate of drug-likeness (QED) is 0.754. The molecule has 0 aliphatic carbocycles. The van der Waals surface area contributed by atoms with E-state index in [0.717, 1.165) is 0 Å². The molecule has 88 valence electrons. The van der Waals surface area contributed by atoms with Crippen LogP contribution in [0.25, 0.3) is 0 Å². The normalized spacial score (nSPS) is 14.8. The molecular formula is C10H11FO4S. The molecule has 0 unspecified atom stereocenters. The molecule has 2 rings (SSSR count). The number of benzene rings is 1. The van der Waals surface area contributed by atoms with Crippen molar-refractivity contribution in [2.24, 2.45) is 0 Å². The summed E-state index contributed by atoms with van der Waals surface area (Å²) in [5, 5.41) is 0. The summed E-state index contributed by atoms with van der Waals surface area (Å²) in [5.74, 6) is 0.713. The van der Waals surface area contributed by atoms with Gasteiger partial charge in [0, 0.05) is 0 Å². The highest BCUT2D eigenvalue weighted by Gasteiger charge is 2.13. The molecule has 0 atom stereocenters. The van der Waals surface area contributed by atoms with E-state index in [9.17, 15) is 12.3 Å². The Hall–Kier alpha value is -1.30. The lowest BCUT2D eigenvalue weighted by Gasteiger charge is -2.18. The summed E-state index contributed by atoms with van der Waals surface area (Å²) in [7, 11) is -4.42. The standard InChI is InChI=1S/C10H11FO4S/c11-16(12,13)6-3-8-1-2-9-10(7-8)15-5-4-14-9/h1-2,7H,3-6H2. The molecule has 0 N–H and O–H groups in total. The lowest BCUT2D eigenvalue weighted by molar-refractivity contribution is 0.171. The summed E-state index contributed by atoms with van der Waals surface area (Å²) < 4.78 is 43.7. The minimum Gasteiger partial charge on any atom is -0.486 e. The zero-order chi connectivity index (χ0) is 11.6. The number of hydrogen-bond acceptors (Lipinski definition) is 4. The predicted molar refractivity (Wildman–Crippen MR) is 56.0 cm³/mol. The van der Waals surface area contributed by atoms with Crippen molar-refractivity contribution < 1.29 is 21.8 Å². The summed E-state index contributed by atoms with van der Waals surface area (Å²) in [6.07, 6.45) is 0.134. The van der Waals surface area contributed by atoms with E-state index in [1.807, 2.05) is 0 Å². The molecule has 1 aromatic carbocycles. The first-order chi connectivity index (χ1) is 7.54. The summed E-state index contributed by atoms with van der Waals surface area (Å²) in [6, 6.07) is 5.09. The van der Waals surface area contributed by atoms with Crippen molar-refractivity contribution in [3.05, 3.63) is 23.8 Å². The SMILES string of the molecule is O=S(=O)(F)CCc1ccc2c(c1)OCCO2. The summed E-state index contributed by atoms with van der Waals surface area (Å²) in [5.41, 5.74) is 0.713. The largest absolute Gasteiger partial charge is 0.486 e. The fourth-order valence-electron chi connectivity index (χ4n) is 1.48. The van der Waals surface area contributed by atoms with Crippen LogP contribution in [0.1, 0.15) is 5.56 Å². The predicted octanol–water partition coefficient (Wildman–Crippen LogP) is 1.30. The molecule has 0 saturated carbocycles. The van der Waals surface area contributed by atoms with Crippen LogP contribution < -0.4 is 9.47 Å². The van der Waals surface area contributed by atoms with E-state index in [1.165, 1.54) is 0 Å². The van der Waals surface area contributed by atoms with Gasteiger partial charge in [0.25, 0.3) is 0 Å². The van der Waals surface area contributed by atoms with Crippen LogP contribution in [0, 0.1) is 0 Å². The Kier molecular flexibility index (Phi) is 3.00. The molecule has 0 bridgehead atoms. The van der Waals surface area contributed by atoms with Gasteiger partial charge in [0.15, 0.2) is 11.5 Å². The Morgan fingerprint density at radius 1 is 1.19 bits per heavy atom. The van der Waals surface area contributed by atoms with Crippen LogP contribution >= 0.6 is 0 Å². The van der Waals surface area contributed by atoms with Crippen molar-refractivity contribution in [3.8, 4) is 11.5 Å². The molecule has 4 nitrogen and oxygen atoms in total. The Bertz CT molecular complexity index is 484. The van der Waals surface area contributed by atoms with Crippen LogP contribution in [0.2, 0.25) is 0 Å². The second-order valence-corrected chi connectivity index (χ2v) is 4.96. The van der Waals surface area contributed by atoms with Gasteiger partial charge >= 0.3 is 10.2 Å². The van der Waals surface area contributed by atoms with Crippen LogP contribution in [-0.4, -0.2) is 27.4 Å². The van der Waals surface area contributed by atoms with Crippen LogP contribution in [0.5, 0.6) is 11.5 Å². The first kappa shape index (κ1) is 11.2. The molecule has 0 saturated heterocycles. The monoisotopic (exact) mass is 246 g/mol. The smallest absolute Gasteiger partial charge is 0.302 e. The molecule has 1 heterocycles.